The van der Waals surface area contributed by atoms with Crippen molar-refractivity contribution in [2.45, 2.75) is 57.8 Å². The Labute approximate surface area is 166 Å². The monoisotopic (exact) mass is 429 g/mol. The normalized spacial score (nSPS) is 34.6. The first-order valence-electron chi connectivity index (χ1n) is 9.26. The van der Waals surface area contributed by atoms with Crippen molar-refractivity contribution in [3.05, 3.63) is 6.33 Å². The lowest BCUT2D eigenvalue weighted by Crippen LogP contribution is -2.47. The maximum atomic E-state index is 12.7. The minimum atomic E-state index is -3.83. The lowest BCUT2D eigenvalue weighted by molar-refractivity contribution is -0.0917. The van der Waals surface area contributed by atoms with Crippen molar-refractivity contribution < 1.29 is 32.7 Å². The molecule has 5 atom stereocenters. The summed E-state index contributed by atoms with van der Waals surface area (Å²) < 4.78 is 41.9. The fourth-order valence-corrected chi connectivity index (χ4v) is 5.15. The van der Waals surface area contributed by atoms with E-state index in [0.29, 0.717) is 17.8 Å². The molecule has 29 heavy (non-hydrogen) atoms. The van der Waals surface area contributed by atoms with E-state index in [9.17, 15) is 9.67 Å². The molecule has 0 aliphatic carbocycles. The molecule has 0 amide bonds. The summed E-state index contributed by atoms with van der Waals surface area (Å²) in [6, 6.07) is 0. The highest BCUT2D eigenvalue weighted by molar-refractivity contribution is 7.48. The van der Waals surface area contributed by atoms with Crippen LogP contribution >= 0.6 is 7.82 Å². The Morgan fingerprint density at radius 3 is 2.93 bits per heavy atom. The van der Waals surface area contributed by atoms with Crippen molar-refractivity contribution in [1.29, 1.82) is 0 Å². The number of imidazole rings is 1. The fraction of sp³-hybridized carbons (Fsp3) is 0.688. The van der Waals surface area contributed by atoms with Crippen LogP contribution in [-0.2, 0) is 22.9 Å². The van der Waals surface area contributed by atoms with Gasteiger partial charge in [-0.1, -0.05) is 0 Å². The Kier molecular flexibility index (Phi) is 5.04. The average molecular weight is 429 g/mol. The van der Waals surface area contributed by atoms with Gasteiger partial charge in [0.05, 0.1) is 25.6 Å². The number of fused-ring (bicyclic) bond motifs is 2. The Morgan fingerprint density at radius 2 is 2.24 bits per heavy atom. The van der Waals surface area contributed by atoms with Gasteiger partial charge in [0.1, 0.15) is 17.8 Å². The maximum absolute atomic E-state index is 12.7. The third kappa shape index (κ3) is 3.49. The molecule has 4 heterocycles. The largest absolute Gasteiger partial charge is 0.476 e. The minimum Gasteiger partial charge on any atom is -0.476 e. The van der Waals surface area contributed by atoms with Crippen molar-refractivity contribution >= 4 is 24.9 Å². The molecule has 160 valence electrons. The number of aliphatic hydroxyl groups is 1. The summed E-state index contributed by atoms with van der Waals surface area (Å²) in [5.74, 6) is 0.227. The van der Waals surface area contributed by atoms with Gasteiger partial charge >= 0.3 is 7.82 Å². The number of nitrogen functional groups attached to an aromatic ring is 1. The second kappa shape index (κ2) is 7.15. The molecule has 2 fully saturated rings. The molecule has 1 unspecified atom stereocenters. The summed E-state index contributed by atoms with van der Waals surface area (Å²) >= 11 is 0. The third-order valence-corrected chi connectivity index (χ3v) is 6.27. The highest BCUT2D eigenvalue weighted by atomic mass is 31.2. The molecule has 0 bridgehead atoms. The van der Waals surface area contributed by atoms with Crippen molar-refractivity contribution in [1.82, 2.24) is 19.5 Å². The number of anilines is 1. The van der Waals surface area contributed by atoms with Crippen LogP contribution in [0.5, 0.6) is 5.88 Å². The zero-order valence-electron chi connectivity index (χ0n) is 16.5. The number of aromatic nitrogens is 4. The standard InChI is InChI=1S/C16H24N5O7P/c1-5-24-13-10-12(19-15(17)20-13)21(7-18-10)14-16(4,22)11-9(26-14)6-25-29(23,28-11)27-8(2)3/h7-9,11,14,22H,5-6H2,1-4H3,(H2,17,19,20)/t9-,11-,14-,16-,29?/m1/s1. The molecule has 2 aliphatic rings. The lowest BCUT2D eigenvalue weighted by Gasteiger charge is -2.35. The van der Waals surface area contributed by atoms with E-state index in [2.05, 4.69) is 15.0 Å². The van der Waals surface area contributed by atoms with Crippen molar-refractivity contribution in [2.24, 2.45) is 0 Å². The lowest BCUT2D eigenvalue weighted by atomic mass is 9.96. The van der Waals surface area contributed by atoms with Crippen LogP contribution < -0.4 is 10.5 Å². The Bertz CT molecular complexity index is 965. The highest BCUT2D eigenvalue weighted by Crippen LogP contribution is 2.59. The van der Waals surface area contributed by atoms with E-state index in [0.717, 1.165) is 0 Å². The molecule has 4 rings (SSSR count). The fourth-order valence-electron chi connectivity index (χ4n) is 3.50. The van der Waals surface area contributed by atoms with Crippen LogP contribution in [0.1, 0.15) is 33.9 Å². The van der Waals surface area contributed by atoms with E-state index in [1.807, 2.05) is 6.92 Å². The molecule has 2 aromatic heterocycles. The summed E-state index contributed by atoms with van der Waals surface area (Å²) in [5.41, 5.74) is 4.91. The molecule has 0 radical (unpaired) electrons. The van der Waals surface area contributed by atoms with E-state index in [1.54, 1.807) is 13.8 Å². The van der Waals surface area contributed by atoms with Crippen LogP contribution in [0, 0.1) is 0 Å². The first kappa shape index (κ1) is 20.5. The SMILES string of the molecule is CCOc1nc(N)nc2c1ncn2[C@@H]1O[C@@H]2COP(=O)(OC(C)C)O[C@H]2[C@@]1(C)O. The second-order valence-electron chi connectivity index (χ2n) is 7.32. The number of hydrogen-bond acceptors (Lipinski definition) is 11. The zero-order valence-corrected chi connectivity index (χ0v) is 17.4. The quantitative estimate of drug-likeness (QED) is 0.663. The van der Waals surface area contributed by atoms with E-state index in [4.69, 9.17) is 28.8 Å². The predicted octanol–water partition coefficient (Wildman–Crippen LogP) is 1.40. The molecule has 3 N–H and O–H groups in total. The average Bonchev–Trinajstić information content (AvgIpc) is 3.13. The molecular formula is C16H24N5O7P. The second-order valence-corrected chi connectivity index (χ2v) is 8.89. The molecule has 2 aromatic rings. The topological polar surface area (TPSA) is 153 Å². The van der Waals surface area contributed by atoms with E-state index in [-0.39, 0.29) is 24.5 Å². The van der Waals surface area contributed by atoms with Crippen LogP contribution in [0.3, 0.4) is 0 Å². The van der Waals surface area contributed by atoms with Crippen molar-refractivity contribution in [3.8, 4) is 5.88 Å². The molecular weight excluding hydrogens is 405 g/mol. The first-order valence-corrected chi connectivity index (χ1v) is 10.7. The highest BCUT2D eigenvalue weighted by Gasteiger charge is 2.60. The zero-order chi connectivity index (χ0) is 21.0. The van der Waals surface area contributed by atoms with Gasteiger partial charge in [0, 0.05) is 0 Å². The summed E-state index contributed by atoms with van der Waals surface area (Å²) in [4.78, 5) is 12.6. The number of phosphoric acid groups is 1. The van der Waals surface area contributed by atoms with Gasteiger partial charge < -0.3 is 20.3 Å². The molecule has 2 aliphatic heterocycles. The van der Waals surface area contributed by atoms with E-state index < -0.39 is 31.9 Å². The van der Waals surface area contributed by atoms with Crippen LogP contribution in [0.2, 0.25) is 0 Å². The number of hydrogen-bond donors (Lipinski definition) is 2. The number of phosphoric ester groups is 1. The Hall–Kier alpha value is -1.82. The molecule has 12 nitrogen and oxygen atoms in total. The Morgan fingerprint density at radius 1 is 1.48 bits per heavy atom. The van der Waals surface area contributed by atoms with Gasteiger partial charge in [-0.25, -0.2) is 9.55 Å². The van der Waals surface area contributed by atoms with Gasteiger partial charge in [-0.3, -0.25) is 18.1 Å². The maximum Gasteiger partial charge on any atom is 0.475 e. The summed E-state index contributed by atoms with van der Waals surface area (Å²) in [6.07, 6.45) is -1.51. The number of nitrogens with zero attached hydrogens (tertiary/aromatic N) is 4. The Balaban J connectivity index is 1.70. The van der Waals surface area contributed by atoms with Crippen LogP contribution in [-0.4, -0.2) is 61.8 Å². The molecule has 2 saturated heterocycles. The van der Waals surface area contributed by atoms with Crippen molar-refractivity contribution in [3.63, 3.8) is 0 Å². The summed E-state index contributed by atoms with van der Waals surface area (Å²) in [6.45, 7) is 7.06. The predicted molar refractivity (Wildman–Crippen MR) is 100 cm³/mol. The smallest absolute Gasteiger partial charge is 0.475 e. The molecule has 13 heteroatoms. The van der Waals surface area contributed by atoms with Gasteiger partial charge in [-0.15, -0.1) is 0 Å². The van der Waals surface area contributed by atoms with E-state index >= 15 is 0 Å². The number of rotatable bonds is 5. The van der Waals surface area contributed by atoms with Gasteiger partial charge in [0.25, 0.3) is 0 Å². The van der Waals surface area contributed by atoms with Gasteiger partial charge in [0.15, 0.2) is 17.4 Å². The van der Waals surface area contributed by atoms with Gasteiger partial charge in [-0.05, 0) is 27.7 Å². The molecule has 0 spiro atoms. The van der Waals surface area contributed by atoms with Crippen LogP contribution in [0.25, 0.3) is 11.2 Å². The van der Waals surface area contributed by atoms with E-state index in [1.165, 1.54) is 17.8 Å². The van der Waals surface area contributed by atoms with Gasteiger partial charge in [0.2, 0.25) is 11.8 Å². The van der Waals surface area contributed by atoms with Crippen molar-refractivity contribution in [2.75, 3.05) is 18.9 Å². The molecule has 0 aromatic carbocycles. The minimum absolute atomic E-state index is 0.00725. The molecule has 0 saturated carbocycles. The number of ether oxygens (including phenoxy) is 2. The summed E-state index contributed by atoms with van der Waals surface area (Å²) in [5, 5.41) is 11.3. The summed E-state index contributed by atoms with van der Waals surface area (Å²) in [7, 11) is -3.83. The third-order valence-electron chi connectivity index (χ3n) is 4.64. The van der Waals surface area contributed by atoms with Gasteiger partial charge in [-0.2, -0.15) is 9.97 Å². The van der Waals surface area contributed by atoms with Crippen LogP contribution in [0.4, 0.5) is 5.95 Å². The number of nitrogens with two attached hydrogens (primary N) is 1. The first-order chi connectivity index (χ1) is 13.6. The van der Waals surface area contributed by atoms with Crippen LogP contribution in [0.15, 0.2) is 6.33 Å².